The van der Waals surface area contributed by atoms with Gasteiger partial charge in [-0.05, 0) is 24.3 Å². The topological polar surface area (TPSA) is 70.9 Å². The Hall–Kier alpha value is -2.01. The molecule has 4 N–H and O–H groups in total. The van der Waals surface area contributed by atoms with Gasteiger partial charge in [-0.15, -0.1) is 0 Å². The van der Waals surface area contributed by atoms with Crippen molar-refractivity contribution in [2.45, 2.75) is 0 Å². The number of H-pyrrole nitrogens is 1. The van der Waals surface area contributed by atoms with Crippen molar-refractivity contribution in [3.63, 3.8) is 0 Å². The lowest BCUT2D eigenvalue weighted by atomic mass is 10.3. The van der Waals surface area contributed by atoms with E-state index in [1.165, 1.54) is 24.4 Å². The van der Waals surface area contributed by atoms with Gasteiger partial charge in [0.05, 0.1) is 5.69 Å². The molecular weight excluding hydrogens is 245 g/mol. The van der Waals surface area contributed by atoms with E-state index >= 15 is 0 Å². The number of carbonyl (C=O) groups excluding carboxylic acids is 1. The summed E-state index contributed by atoms with van der Waals surface area (Å²) in [5, 5.41) is 2.68. The van der Waals surface area contributed by atoms with Gasteiger partial charge in [-0.1, -0.05) is 11.6 Å². The van der Waals surface area contributed by atoms with Crippen molar-refractivity contribution in [3.8, 4) is 0 Å². The first-order chi connectivity index (χ1) is 8.06. The van der Waals surface area contributed by atoms with Crippen molar-refractivity contribution < 1.29 is 9.18 Å². The van der Waals surface area contributed by atoms with Gasteiger partial charge in [0, 0.05) is 16.9 Å². The largest absolute Gasteiger partial charge is 0.397 e. The molecule has 0 aliphatic carbocycles. The second kappa shape index (κ2) is 4.47. The lowest BCUT2D eigenvalue weighted by Crippen LogP contribution is -2.13. The highest BCUT2D eigenvalue weighted by Gasteiger charge is 2.10. The summed E-state index contributed by atoms with van der Waals surface area (Å²) < 4.78 is 13.4. The number of amides is 1. The van der Waals surface area contributed by atoms with Gasteiger partial charge in [-0.3, -0.25) is 4.79 Å². The number of hydrogen-bond donors (Lipinski definition) is 3. The SMILES string of the molecule is Nc1c[nH]c(C(=O)Nc2ccc(Cl)cc2F)c1. The number of anilines is 2. The van der Waals surface area contributed by atoms with Crippen LogP contribution in [0.25, 0.3) is 0 Å². The second-order valence-corrected chi connectivity index (χ2v) is 3.86. The summed E-state index contributed by atoms with van der Waals surface area (Å²) in [5.41, 5.74) is 6.22. The molecule has 2 aromatic rings. The van der Waals surface area contributed by atoms with E-state index in [1.807, 2.05) is 0 Å². The number of nitrogens with one attached hydrogen (secondary N) is 2. The summed E-state index contributed by atoms with van der Waals surface area (Å²) in [6.45, 7) is 0. The average Bonchev–Trinajstić information content (AvgIpc) is 2.69. The number of nitrogen functional groups attached to an aromatic ring is 1. The Morgan fingerprint density at radius 2 is 2.18 bits per heavy atom. The molecule has 1 aromatic heterocycles. The lowest BCUT2D eigenvalue weighted by Gasteiger charge is -2.05. The minimum atomic E-state index is -0.592. The molecule has 17 heavy (non-hydrogen) atoms. The summed E-state index contributed by atoms with van der Waals surface area (Å²) in [7, 11) is 0. The molecule has 6 heteroatoms. The van der Waals surface area contributed by atoms with Gasteiger partial charge in [0.2, 0.25) is 0 Å². The zero-order chi connectivity index (χ0) is 12.4. The van der Waals surface area contributed by atoms with Crippen LogP contribution in [0.3, 0.4) is 0 Å². The molecule has 1 amide bonds. The predicted molar refractivity (Wildman–Crippen MR) is 64.6 cm³/mol. The van der Waals surface area contributed by atoms with Crippen LogP contribution in [-0.2, 0) is 0 Å². The Kier molecular flexibility index (Phi) is 3.01. The van der Waals surface area contributed by atoms with Gasteiger partial charge in [0.1, 0.15) is 11.5 Å². The van der Waals surface area contributed by atoms with Crippen LogP contribution in [-0.4, -0.2) is 10.9 Å². The van der Waals surface area contributed by atoms with Crippen molar-refractivity contribution in [2.24, 2.45) is 0 Å². The Bertz CT molecular complexity index is 568. The molecular formula is C11H9ClFN3O. The second-order valence-electron chi connectivity index (χ2n) is 3.42. The summed E-state index contributed by atoms with van der Waals surface area (Å²) in [6, 6.07) is 5.47. The summed E-state index contributed by atoms with van der Waals surface area (Å²) >= 11 is 5.60. The minimum Gasteiger partial charge on any atom is -0.397 e. The molecule has 0 spiro atoms. The molecule has 0 aliphatic rings. The van der Waals surface area contributed by atoms with E-state index < -0.39 is 11.7 Å². The summed E-state index contributed by atoms with van der Waals surface area (Å²) in [5.74, 6) is -1.06. The molecule has 2 rings (SSSR count). The highest BCUT2D eigenvalue weighted by Crippen LogP contribution is 2.19. The van der Waals surface area contributed by atoms with Gasteiger partial charge in [0.25, 0.3) is 5.91 Å². The number of nitrogens with two attached hydrogens (primary N) is 1. The number of halogens is 2. The number of benzene rings is 1. The third-order valence-corrected chi connectivity index (χ3v) is 2.36. The maximum atomic E-state index is 13.4. The fourth-order valence-corrected chi connectivity index (χ4v) is 1.48. The third kappa shape index (κ3) is 2.57. The monoisotopic (exact) mass is 253 g/mol. The highest BCUT2D eigenvalue weighted by molar-refractivity contribution is 6.30. The third-order valence-electron chi connectivity index (χ3n) is 2.13. The lowest BCUT2D eigenvalue weighted by molar-refractivity contribution is 0.102. The van der Waals surface area contributed by atoms with Gasteiger partial charge in [-0.25, -0.2) is 4.39 Å². The zero-order valence-corrected chi connectivity index (χ0v) is 9.38. The molecule has 0 fully saturated rings. The van der Waals surface area contributed by atoms with Crippen molar-refractivity contribution in [2.75, 3.05) is 11.1 Å². The molecule has 1 aromatic carbocycles. The number of aromatic amines is 1. The van der Waals surface area contributed by atoms with Crippen LogP contribution in [0.1, 0.15) is 10.5 Å². The maximum absolute atomic E-state index is 13.4. The van der Waals surface area contributed by atoms with E-state index in [1.54, 1.807) is 0 Å². The normalized spacial score (nSPS) is 10.2. The van der Waals surface area contributed by atoms with Crippen LogP contribution in [0.5, 0.6) is 0 Å². The molecule has 1 heterocycles. The first-order valence-electron chi connectivity index (χ1n) is 4.76. The minimum absolute atomic E-state index is 0.0626. The molecule has 0 saturated carbocycles. The molecule has 0 saturated heterocycles. The number of hydrogen-bond acceptors (Lipinski definition) is 2. The van der Waals surface area contributed by atoms with E-state index in [0.29, 0.717) is 5.69 Å². The molecule has 4 nitrogen and oxygen atoms in total. The van der Waals surface area contributed by atoms with Crippen LogP contribution in [0.2, 0.25) is 5.02 Å². The quantitative estimate of drug-likeness (QED) is 0.770. The molecule has 0 atom stereocenters. The zero-order valence-electron chi connectivity index (χ0n) is 8.63. The standard InChI is InChI=1S/C11H9ClFN3O/c12-6-1-2-9(8(13)3-6)16-11(17)10-4-7(14)5-15-10/h1-5,15H,14H2,(H,16,17). The fraction of sp³-hybridized carbons (Fsp3) is 0. The van der Waals surface area contributed by atoms with Crippen LogP contribution >= 0.6 is 11.6 Å². The van der Waals surface area contributed by atoms with Gasteiger partial charge in [0.15, 0.2) is 0 Å². The van der Waals surface area contributed by atoms with E-state index in [0.717, 1.165) is 6.07 Å². The van der Waals surface area contributed by atoms with Gasteiger partial charge >= 0.3 is 0 Å². The molecule has 88 valence electrons. The van der Waals surface area contributed by atoms with Gasteiger partial charge in [-0.2, -0.15) is 0 Å². The fourth-order valence-electron chi connectivity index (χ4n) is 1.32. The Morgan fingerprint density at radius 1 is 1.41 bits per heavy atom. The Morgan fingerprint density at radius 3 is 2.76 bits per heavy atom. The van der Waals surface area contributed by atoms with Crippen LogP contribution < -0.4 is 11.1 Å². The predicted octanol–water partition coefficient (Wildman–Crippen LogP) is 2.64. The van der Waals surface area contributed by atoms with E-state index in [4.69, 9.17) is 17.3 Å². The summed E-state index contributed by atoms with van der Waals surface area (Å²) in [4.78, 5) is 14.3. The number of aromatic nitrogens is 1. The number of carbonyl (C=O) groups is 1. The maximum Gasteiger partial charge on any atom is 0.272 e. The number of rotatable bonds is 2. The highest BCUT2D eigenvalue weighted by atomic mass is 35.5. The molecule has 0 radical (unpaired) electrons. The van der Waals surface area contributed by atoms with E-state index in [9.17, 15) is 9.18 Å². The Balaban J connectivity index is 2.18. The van der Waals surface area contributed by atoms with Crippen molar-refractivity contribution in [1.82, 2.24) is 4.98 Å². The average molecular weight is 254 g/mol. The molecule has 0 aliphatic heterocycles. The van der Waals surface area contributed by atoms with E-state index in [-0.39, 0.29) is 16.4 Å². The van der Waals surface area contributed by atoms with Gasteiger partial charge < -0.3 is 16.0 Å². The first kappa shape index (κ1) is 11.5. The molecule has 0 unspecified atom stereocenters. The molecule has 0 bridgehead atoms. The van der Waals surface area contributed by atoms with Crippen molar-refractivity contribution in [1.29, 1.82) is 0 Å². The van der Waals surface area contributed by atoms with Crippen molar-refractivity contribution >= 4 is 28.9 Å². The van der Waals surface area contributed by atoms with Crippen LogP contribution in [0.4, 0.5) is 15.8 Å². The Labute approximate surface area is 102 Å². The summed E-state index contributed by atoms with van der Waals surface area (Å²) in [6.07, 6.45) is 1.48. The first-order valence-corrected chi connectivity index (χ1v) is 5.14. The van der Waals surface area contributed by atoms with Crippen LogP contribution in [0.15, 0.2) is 30.5 Å². The smallest absolute Gasteiger partial charge is 0.272 e. The van der Waals surface area contributed by atoms with E-state index in [2.05, 4.69) is 10.3 Å². The van der Waals surface area contributed by atoms with Crippen molar-refractivity contribution in [3.05, 3.63) is 47.0 Å². The van der Waals surface area contributed by atoms with Crippen LogP contribution in [0, 0.1) is 5.82 Å².